The van der Waals surface area contributed by atoms with E-state index >= 15 is 0 Å². The lowest BCUT2D eigenvalue weighted by Crippen LogP contribution is -2.58. The van der Waals surface area contributed by atoms with Crippen molar-refractivity contribution in [2.45, 2.75) is 25.3 Å². The van der Waals surface area contributed by atoms with Crippen molar-refractivity contribution in [1.29, 1.82) is 0 Å². The molecule has 2 aromatic rings. The molecule has 27 heavy (non-hydrogen) atoms. The molecule has 1 aliphatic rings. The van der Waals surface area contributed by atoms with E-state index < -0.39 is 11.4 Å². The normalized spacial score (nSPS) is 17.0. The number of amides is 1. The first-order chi connectivity index (χ1) is 12.8. The van der Waals surface area contributed by atoms with Crippen LogP contribution in [0.25, 0.3) is 11.3 Å². The number of rotatable bonds is 4. The van der Waals surface area contributed by atoms with Gasteiger partial charge in [0.15, 0.2) is 0 Å². The van der Waals surface area contributed by atoms with Crippen LogP contribution in [-0.2, 0) is 4.79 Å². The fourth-order valence-corrected chi connectivity index (χ4v) is 3.29. The predicted octanol–water partition coefficient (Wildman–Crippen LogP) is 2.39. The van der Waals surface area contributed by atoms with Crippen molar-refractivity contribution >= 4 is 41.6 Å². The van der Waals surface area contributed by atoms with E-state index in [-0.39, 0.29) is 0 Å². The Morgan fingerprint density at radius 2 is 2.11 bits per heavy atom. The molecule has 1 saturated heterocycles. The molecule has 142 valence electrons. The zero-order chi connectivity index (χ0) is 19.6. The van der Waals surface area contributed by atoms with Gasteiger partial charge in [0.25, 0.3) is 0 Å². The molecule has 5 N–H and O–H groups in total. The second-order valence-corrected chi connectivity index (χ2v) is 7.04. The minimum absolute atomic E-state index is 0.442. The highest BCUT2D eigenvalue weighted by atomic mass is 35.5. The van der Waals surface area contributed by atoms with Crippen LogP contribution in [0.2, 0.25) is 5.02 Å². The van der Waals surface area contributed by atoms with Crippen LogP contribution in [0.1, 0.15) is 19.8 Å². The summed E-state index contributed by atoms with van der Waals surface area (Å²) in [5.74, 6) is 0.737. The van der Waals surface area contributed by atoms with Gasteiger partial charge in [-0.25, -0.2) is 4.99 Å². The Hall–Kier alpha value is -2.71. The minimum atomic E-state index is -0.948. The zero-order valence-electron chi connectivity index (χ0n) is 15.1. The molecule has 0 aliphatic carbocycles. The third-order valence-corrected chi connectivity index (χ3v) is 5.10. The number of amidine groups is 1. The summed E-state index contributed by atoms with van der Waals surface area (Å²) in [4.78, 5) is 22.2. The first kappa shape index (κ1) is 19.1. The maximum atomic E-state index is 11.5. The maximum absolute atomic E-state index is 11.5. The number of carbonyl (C=O) groups excluding carboxylic acids is 1. The number of nitrogens with one attached hydrogen (secondary N) is 1. The van der Waals surface area contributed by atoms with Crippen LogP contribution in [0.3, 0.4) is 0 Å². The summed E-state index contributed by atoms with van der Waals surface area (Å²) in [5, 5.41) is 7.84. The van der Waals surface area contributed by atoms with Gasteiger partial charge in [0.1, 0.15) is 11.5 Å². The van der Waals surface area contributed by atoms with Crippen molar-refractivity contribution in [2.24, 2.45) is 21.5 Å². The molecule has 0 spiro atoms. The molecular weight excluding hydrogens is 366 g/mol. The van der Waals surface area contributed by atoms with Crippen molar-refractivity contribution in [1.82, 2.24) is 15.1 Å². The second kappa shape index (κ2) is 7.50. The average Bonchev–Trinajstić information content (AvgIpc) is 3.04. The van der Waals surface area contributed by atoms with Gasteiger partial charge in [-0.15, -0.1) is 0 Å². The van der Waals surface area contributed by atoms with Crippen LogP contribution in [0, 0.1) is 0 Å². The molecule has 0 radical (unpaired) electrons. The van der Waals surface area contributed by atoms with Crippen LogP contribution in [0.5, 0.6) is 0 Å². The molecule has 0 unspecified atom stereocenters. The Balaban J connectivity index is 1.83. The lowest BCUT2D eigenvalue weighted by molar-refractivity contribution is -0.124. The van der Waals surface area contributed by atoms with E-state index in [0.717, 1.165) is 11.4 Å². The van der Waals surface area contributed by atoms with E-state index in [1.165, 1.54) is 0 Å². The summed E-state index contributed by atoms with van der Waals surface area (Å²) in [6.07, 6.45) is 0.964. The summed E-state index contributed by atoms with van der Waals surface area (Å²) < 4.78 is 0. The Labute approximate surface area is 162 Å². The van der Waals surface area contributed by atoms with Crippen molar-refractivity contribution < 1.29 is 4.79 Å². The van der Waals surface area contributed by atoms with Crippen molar-refractivity contribution in [3.8, 4) is 11.3 Å². The summed E-state index contributed by atoms with van der Waals surface area (Å²) in [7, 11) is 0. The Morgan fingerprint density at radius 1 is 1.41 bits per heavy atom. The number of hydrogen-bond acceptors (Lipinski definition) is 5. The first-order valence-corrected chi connectivity index (χ1v) is 8.92. The van der Waals surface area contributed by atoms with E-state index in [4.69, 9.17) is 23.1 Å². The number of piperidine rings is 1. The minimum Gasteiger partial charge on any atom is -0.368 e. The standard InChI is InChI=1S/C18H22ClN7O/c1-11(26-8-6-18(21,7-9-26)17(20)27)23-16-15(22-2)14(24-25-16)12-4-3-5-13(19)10-12/h3-5,10H,2,6-9,21H2,1H3,(H2,20,27)(H,24,25). The lowest BCUT2D eigenvalue weighted by Gasteiger charge is -2.37. The number of nitrogens with zero attached hydrogens (tertiary/aromatic N) is 4. The number of benzene rings is 1. The number of primary amides is 1. The summed E-state index contributed by atoms with van der Waals surface area (Å²) >= 11 is 6.07. The van der Waals surface area contributed by atoms with Gasteiger partial charge in [-0.3, -0.25) is 14.9 Å². The molecule has 9 heteroatoms. The molecule has 0 saturated carbocycles. The van der Waals surface area contributed by atoms with E-state index in [0.29, 0.717) is 48.2 Å². The first-order valence-electron chi connectivity index (χ1n) is 8.54. The number of aliphatic imine (C=N–C) groups is 2. The van der Waals surface area contributed by atoms with Crippen LogP contribution in [0.15, 0.2) is 34.3 Å². The molecule has 0 atom stereocenters. The van der Waals surface area contributed by atoms with Crippen LogP contribution in [0.4, 0.5) is 11.5 Å². The zero-order valence-corrected chi connectivity index (χ0v) is 15.8. The number of aromatic nitrogens is 2. The van der Waals surface area contributed by atoms with Crippen molar-refractivity contribution in [3.05, 3.63) is 29.3 Å². The van der Waals surface area contributed by atoms with Crippen molar-refractivity contribution in [2.75, 3.05) is 13.1 Å². The van der Waals surface area contributed by atoms with E-state index in [1.807, 2.05) is 25.1 Å². The number of hydrogen-bond donors (Lipinski definition) is 3. The molecule has 1 aliphatic heterocycles. The third-order valence-electron chi connectivity index (χ3n) is 4.87. The molecule has 3 rings (SSSR count). The number of likely N-dealkylation sites (tertiary alicyclic amines) is 1. The van der Waals surface area contributed by atoms with Crippen LogP contribution >= 0.6 is 11.6 Å². The second-order valence-electron chi connectivity index (χ2n) is 6.61. The van der Waals surface area contributed by atoms with E-state index in [9.17, 15) is 4.79 Å². The molecule has 8 nitrogen and oxygen atoms in total. The highest BCUT2D eigenvalue weighted by Gasteiger charge is 2.36. The fourth-order valence-electron chi connectivity index (χ4n) is 3.10. The highest BCUT2D eigenvalue weighted by Crippen LogP contribution is 2.37. The van der Waals surface area contributed by atoms with Crippen molar-refractivity contribution in [3.63, 3.8) is 0 Å². The lowest BCUT2D eigenvalue weighted by atomic mass is 9.88. The Kier molecular flexibility index (Phi) is 5.29. The summed E-state index contributed by atoms with van der Waals surface area (Å²) in [5.41, 5.74) is 12.6. The molecule has 0 bridgehead atoms. The highest BCUT2D eigenvalue weighted by molar-refractivity contribution is 6.30. The molecule has 1 aromatic heterocycles. The largest absolute Gasteiger partial charge is 0.368 e. The summed E-state index contributed by atoms with van der Waals surface area (Å²) in [6, 6.07) is 7.37. The van der Waals surface area contributed by atoms with Crippen LogP contribution < -0.4 is 11.5 Å². The average molecular weight is 388 g/mol. The molecule has 1 aromatic carbocycles. The smallest absolute Gasteiger partial charge is 0.237 e. The molecule has 1 amide bonds. The maximum Gasteiger partial charge on any atom is 0.237 e. The van der Waals surface area contributed by atoms with Gasteiger partial charge in [-0.1, -0.05) is 23.7 Å². The molecule has 1 fully saturated rings. The van der Waals surface area contributed by atoms with Gasteiger partial charge in [0.05, 0.1) is 11.2 Å². The topological polar surface area (TPSA) is 126 Å². The number of H-pyrrole nitrogens is 1. The van der Waals surface area contributed by atoms with Gasteiger partial charge in [0, 0.05) is 23.7 Å². The fraction of sp³-hybridized carbons (Fsp3) is 0.333. The monoisotopic (exact) mass is 387 g/mol. The van der Waals surface area contributed by atoms with E-state index in [2.05, 4.69) is 31.8 Å². The Bertz CT molecular complexity index is 897. The van der Waals surface area contributed by atoms with Gasteiger partial charge in [0.2, 0.25) is 11.7 Å². The Morgan fingerprint density at radius 3 is 2.70 bits per heavy atom. The predicted molar refractivity (Wildman–Crippen MR) is 108 cm³/mol. The SMILES string of the molecule is C=Nc1c(N=C(C)N2CCC(N)(C(N)=O)CC2)n[nH]c1-c1cccc(Cl)c1. The number of nitrogens with two attached hydrogens (primary N) is 2. The van der Waals surface area contributed by atoms with Gasteiger partial charge in [-0.2, -0.15) is 5.10 Å². The number of aromatic amines is 1. The number of carbonyl (C=O) groups is 1. The third kappa shape index (κ3) is 3.86. The van der Waals surface area contributed by atoms with Gasteiger partial charge in [-0.05, 0) is 38.6 Å². The molecule has 2 heterocycles. The number of halogens is 1. The molecular formula is C18H22ClN7O. The quantitative estimate of drug-likeness (QED) is 0.549. The summed E-state index contributed by atoms with van der Waals surface area (Å²) in [6.45, 7) is 6.71. The van der Waals surface area contributed by atoms with Gasteiger partial charge < -0.3 is 16.4 Å². The van der Waals surface area contributed by atoms with E-state index in [1.54, 1.807) is 6.07 Å². The van der Waals surface area contributed by atoms with Crippen LogP contribution in [-0.4, -0.2) is 52.2 Å². The van der Waals surface area contributed by atoms with Gasteiger partial charge >= 0.3 is 0 Å².